The lowest BCUT2D eigenvalue weighted by molar-refractivity contribution is -0.134. The van der Waals surface area contributed by atoms with E-state index in [2.05, 4.69) is 14.6 Å². The molecule has 2 heterocycles. The number of sulfonamides is 1. The predicted molar refractivity (Wildman–Crippen MR) is 111 cm³/mol. The fourth-order valence-corrected chi connectivity index (χ4v) is 5.71. The molecule has 1 N–H and O–H groups in total. The van der Waals surface area contributed by atoms with E-state index < -0.39 is 10.0 Å². The minimum absolute atomic E-state index is 0.00555. The number of piperazine rings is 1. The van der Waals surface area contributed by atoms with Crippen LogP contribution in [0.25, 0.3) is 0 Å². The van der Waals surface area contributed by atoms with Gasteiger partial charge in [0.25, 0.3) is 10.0 Å². The molecule has 0 bridgehead atoms. The molecule has 0 saturated carbocycles. The number of rotatable bonds is 5. The summed E-state index contributed by atoms with van der Waals surface area (Å²) in [6.45, 7) is 6.06. The Hall–Kier alpha value is -1.68. The minimum atomic E-state index is -3.80. The highest BCUT2D eigenvalue weighted by Gasteiger charge is 2.26. The summed E-state index contributed by atoms with van der Waals surface area (Å²) in [5, 5.41) is 2.32. The first-order chi connectivity index (χ1) is 13.2. The van der Waals surface area contributed by atoms with Crippen LogP contribution in [-0.4, -0.2) is 61.8 Å². The van der Waals surface area contributed by atoms with Crippen molar-refractivity contribution in [3.05, 3.63) is 39.9 Å². The van der Waals surface area contributed by atoms with E-state index in [9.17, 15) is 13.2 Å². The lowest BCUT2D eigenvalue weighted by atomic mass is 10.1. The number of aromatic nitrogens is 1. The van der Waals surface area contributed by atoms with Crippen LogP contribution in [0, 0.1) is 6.92 Å². The quantitative estimate of drug-likeness (QED) is 0.769. The SMILES string of the molecule is Cc1c(Cl)cccc1S(=O)(=O)Nc1nc(CC(=O)N2CCN(C)CC2C)cs1. The molecule has 1 atom stereocenters. The van der Waals surface area contributed by atoms with Gasteiger partial charge in [0.05, 0.1) is 17.0 Å². The maximum atomic E-state index is 12.6. The molecule has 0 radical (unpaired) electrons. The third-order valence-electron chi connectivity index (χ3n) is 4.76. The molecule has 7 nitrogen and oxygen atoms in total. The molecule has 152 valence electrons. The number of nitrogens with zero attached hydrogens (tertiary/aromatic N) is 3. The number of carbonyl (C=O) groups excluding carboxylic acids is 1. The van der Waals surface area contributed by atoms with Crippen molar-refractivity contribution in [1.29, 1.82) is 0 Å². The summed E-state index contributed by atoms with van der Waals surface area (Å²) in [5.41, 5.74) is 1.04. The molecule has 1 aromatic carbocycles. The number of halogens is 1. The second-order valence-corrected chi connectivity index (χ2v) is 9.90. The molecular formula is C18H23ClN4O3S2. The number of benzene rings is 1. The highest BCUT2D eigenvalue weighted by atomic mass is 35.5. The lowest BCUT2D eigenvalue weighted by Crippen LogP contribution is -2.53. The minimum Gasteiger partial charge on any atom is -0.337 e. The zero-order valence-corrected chi connectivity index (χ0v) is 18.4. The van der Waals surface area contributed by atoms with Gasteiger partial charge in [0, 0.05) is 36.1 Å². The first-order valence-electron chi connectivity index (χ1n) is 8.87. The standard InChI is InChI=1S/C18H23ClN4O3S2/c1-12-10-22(3)7-8-23(12)17(24)9-14-11-27-18(20-14)21-28(25,26)16-6-4-5-15(19)13(16)2/h4-6,11-12H,7-10H2,1-3H3,(H,20,21). The van der Waals surface area contributed by atoms with E-state index in [1.807, 2.05) is 18.9 Å². The number of thiazole rings is 1. The van der Waals surface area contributed by atoms with Gasteiger partial charge in [-0.25, -0.2) is 13.4 Å². The van der Waals surface area contributed by atoms with Crippen molar-refractivity contribution in [3.8, 4) is 0 Å². The molecule has 1 unspecified atom stereocenters. The van der Waals surface area contributed by atoms with Crippen LogP contribution in [0.15, 0.2) is 28.5 Å². The summed E-state index contributed by atoms with van der Waals surface area (Å²) in [5.74, 6) is 0.00555. The van der Waals surface area contributed by atoms with Crippen LogP contribution in [0.5, 0.6) is 0 Å². The van der Waals surface area contributed by atoms with Crippen molar-refractivity contribution in [2.24, 2.45) is 0 Å². The molecule has 1 amide bonds. The summed E-state index contributed by atoms with van der Waals surface area (Å²) in [6.07, 6.45) is 0.155. The molecule has 1 aromatic heterocycles. The van der Waals surface area contributed by atoms with Crippen molar-refractivity contribution in [2.45, 2.75) is 31.2 Å². The van der Waals surface area contributed by atoms with Gasteiger partial charge in [-0.3, -0.25) is 9.52 Å². The Balaban J connectivity index is 1.69. The van der Waals surface area contributed by atoms with Crippen molar-refractivity contribution >= 4 is 44.0 Å². The number of hydrogen-bond donors (Lipinski definition) is 1. The van der Waals surface area contributed by atoms with Gasteiger partial charge in [-0.05, 0) is 38.6 Å². The lowest BCUT2D eigenvalue weighted by Gasteiger charge is -2.38. The average Bonchev–Trinajstić information content (AvgIpc) is 3.03. The highest BCUT2D eigenvalue weighted by molar-refractivity contribution is 7.93. The molecule has 28 heavy (non-hydrogen) atoms. The predicted octanol–water partition coefficient (Wildman–Crippen LogP) is 2.61. The Morgan fingerprint density at radius 2 is 2.14 bits per heavy atom. The molecule has 1 saturated heterocycles. The van der Waals surface area contributed by atoms with Crippen LogP contribution in [0.4, 0.5) is 5.13 Å². The third kappa shape index (κ3) is 4.65. The van der Waals surface area contributed by atoms with Gasteiger partial charge in [-0.15, -0.1) is 11.3 Å². The Bertz CT molecular complexity index is 977. The molecule has 0 aliphatic carbocycles. The van der Waals surface area contributed by atoms with Gasteiger partial charge < -0.3 is 9.80 Å². The van der Waals surface area contributed by atoms with Gasteiger partial charge >= 0.3 is 0 Å². The van der Waals surface area contributed by atoms with Crippen LogP contribution in [0.2, 0.25) is 5.02 Å². The fraction of sp³-hybridized carbons (Fsp3) is 0.444. The third-order valence-corrected chi connectivity index (χ3v) is 7.59. The molecule has 3 rings (SSSR count). The van der Waals surface area contributed by atoms with E-state index in [0.717, 1.165) is 24.4 Å². The van der Waals surface area contributed by atoms with Crippen LogP contribution < -0.4 is 4.72 Å². The van der Waals surface area contributed by atoms with Crippen LogP contribution in [0.1, 0.15) is 18.2 Å². The Morgan fingerprint density at radius 1 is 1.39 bits per heavy atom. The van der Waals surface area contributed by atoms with Crippen molar-refractivity contribution in [3.63, 3.8) is 0 Å². The molecule has 1 aliphatic heterocycles. The van der Waals surface area contributed by atoms with Gasteiger partial charge in [-0.1, -0.05) is 17.7 Å². The molecule has 2 aromatic rings. The maximum Gasteiger partial charge on any atom is 0.263 e. The van der Waals surface area contributed by atoms with Crippen molar-refractivity contribution in [1.82, 2.24) is 14.8 Å². The van der Waals surface area contributed by atoms with E-state index in [1.165, 1.54) is 6.07 Å². The molecule has 10 heteroatoms. The Kier molecular flexibility index (Phi) is 6.28. The van der Waals surface area contributed by atoms with Gasteiger partial charge in [0.15, 0.2) is 5.13 Å². The number of amides is 1. The van der Waals surface area contributed by atoms with Crippen LogP contribution in [-0.2, 0) is 21.2 Å². The number of hydrogen-bond acceptors (Lipinski definition) is 6. The zero-order valence-electron chi connectivity index (χ0n) is 16.0. The highest BCUT2D eigenvalue weighted by Crippen LogP contribution is 2.26. The first kappa shape index (κ1) is 21.0. The summed E-state index contributed by atoms with van der Waals surface area (Å²) in [6, 6.07) is 4.87. The number of carbonyl (C=O) groups is 1. The van der Waals surface area contributed by atoms with E-state index in [1.54, 1.807) is 24.4 Å². The monoisotopic (exact) mass is 442 g/mol. The van der Waals surface area contributed by atoms with E-state index in [-0.39, 0.29) is 28.4 Å². The molecule has 0 spiro atoms. The Morgan fingerprint density at radius 3 is 2.86 bits per heavy atom. The average molecular weight is 443 g/mol. The second-order valence-electron chi connectivity index (χ2n) is 6.99. The van der Waals surface area contributed by atoms with E-state index in [0.29, 0.717) is 22.8 Å². The summed E-state index contributed by atoms with van der Waals surface area (Å²) < 4.78 is 27.8. The summed E-state index contributed by atoms with van der Waals surface area (Å²) >= 11 is 7.19. The van der Waals surface area contributed by atoms with E-state index >= 15 is 0 Å². The molecular weight excluding hydrogens is 420 g/mol. The Labute approximate surface area is 174 Å². The molecule has 1 aliphatic rings. The summed E-state index contributed by atoms with van der Waals surface area (Å²) in [4.78, 5) is 21.1. The molecule has 1 fully saturated rings. The largest absolute Gasteiger partial charge is 0.337 e. The van der Waals surface area contributed by atoms with Crippen molar-refractivity contribution in [2.75, 3.05) is 31.4 Å². The van der Waals surface area contributed by atoms with Gasteiger partial charge in [-0.2, -0.15) is 0 Å². The number of anilines is 1. The van der Waals surface area contributed by atoms with E-state index in [4.69, 9.17) is 11.6 Å². The second kappa shape index (κ2) is 8.36. The zero-order chi connectivity index (χ0) is 20.5. The number of nitrogens with one attached hydrogen (secondary N) is 1. The van der Waals surface area contributed by atoms with Gasteiger partial charge in [0.1, 0.15) is 0 Å². The normalized spacial score (nSPS) is 18.3. The first-order valence-corrected chi connectivity index (χ1v) is 11.6. The maximum absolute atomic E-state index is 12.6. The number of likely N-dealkylation sites (N-methyl/N-ethyl adjacent to an activating group) is 1. The summed E-state index contributed by atoms with van der Waals surface area (Å²) in [7, 11) is -1.76. The topological polar surface area (TPSA) is 82.6 Å². The van der Waals surface area contributed by atoms with Gasteiger partial charge in [0.2, 0.25) is 5.91 Å². The smallest absolute Gasteiger partial charge is 0.263 e. The van der Waals surface area contributed by atoms with Crippen molar-refractivity contribution < 1.29 is 13.2 Å². The fourth-order valence-electron chi connectivity index (χ4n) is 3.25. The van der Waals surface area contributed by atoms with Crippen LogP contribution in [0.3, 0.4) is 0 Å². The van der Waals surface area contributed by atoms with Crippen LogP contribution >= 0.6 is 22.9 Å².